The van der Waals surface area contributed by atoms with Crippen molar-refractivity contribution in [2.24, 2.45) is 23.7 Å². The standard InChI is InChI=1S/C29H23NO4/c31-24(20-12-10-19(11-13-20)18-6-2-1-3-7-18)17-34-25-9-5-4-8-23(25)30-28(32)26-21-14-15-22(16-21)27(26)29(30)33/h1-15,21-22,26-27H,16-17H2/t21-,22-,26-,27-/m0/s1. The monoisotopic (exact) mass is 449 g/mol. The van der Waals surface area contributed by atoms with E-state index in [1.54, 1.807) is 36.4 Å². The second kappa shape index (κ2) is 8.10. The van der Waals surface area contributed by atoms with Gasteiger partial charge in [0.15, 0.2) is 12.4 Å². The molecule has 2 aliphatic carbocycles. The van der Waals surface area contributed by atoms with Crippen molar-refractivity contribution in [1.29, 1.82) is 0 Å². The fraction of sp³-hybridized carbons (Fsp3) is 0.207. The van der Waals surface area contributed by atoms with Crippen LogP contribution in [0, 0.1) is 23.7 Å². The molecule has 4 atom stereocenters. The van der Waals surface area contributed by atoms with Crippen LogP contribution in [0.4, 0.5) is 5.69 Å². The van der Waals surface area contributed by atoms with Crippen molar-refractivity contribution in [3.05, 3.63) is 96.6 Å². The van der Waals surface area contributed by atoms with Crippen molar-refractivity contribution in [1.82, 2.24) is 0 Å². The third kappa shape index (κ3) is 3.27. The van der Waals surface area contributed by atoms with Crippen LogP contribution < -0.4 is 9.64 Å². The normalized spacial score (nSPS) is 24.5. The van der Waals surface area contributed by atoms with Gasteiger partial charge in [0.25, 0.3) is 0 Å². The van der Waals surface area contributed by atoms with Gasteiger partial charge < -0.3 is 4.74 Å². The number of allylic oxidation sites excluding steroid dienone is 2. The number of anilines is 1. The average Bonchev–Trinajstić information content (AvgIpc) is 3.57. The number of benzene rings is 3. The lowest BCUT2D eigenvalue weighted by molar-refractivity contribution is -0.123. The molecule has 1 aliphatic heterocycles. The molecular weight excluding hydrogens is 426 g/mol. The van der Waals surface area contributed by atoms with Gasteiger partial charge in [0, 0.05) is 5.56 Å². The number of carbonyl (C=O) groups excluding carboxylic acids is 3. The Morgan fingerprint density at radius 1 is 0.765 bits per heavy atom. The number of amides is 2. The Kier molecular flexibility index (Phi) is 4.91. The Balaban J connectivity index is 1.18. The molecule has 0 radical (unpaired) electrons. The van der Waals surface area contributed by atoms with E-state index in [1.165, 1.54) is 4.90 Å². The number of imide groups is 1. The van der Waals surface area contributed by atoms with Gasteiger partial charge in [0.1, 0.15) is 5.75 Å². The van der Waals surface area contributed by atoms with Crippen molar-refractivity contribution >= 4 is 23.3 Å². The molecule has 0 unspecified atom stereocenters. The quantitative estimate of drug-likeness (QED) is 0.304. The number of rotatable bonds is 6. The van der Waals surface area contributed by atoms with E-state index >= 15 is 0 Å². The third-order valence-electron chi connectivity index (χ3n) is 7.25. The van der Waals surface area contributed by atoms with Crippen molar-refractivity contribution < 1.29 is 19.1 Å². The van der Waals surface area contributed by atoms with Gasteiger partial charge in [-0.1, -0.05) is 78.9 Å². The fourth-order valence-electron chi connectivity index (χ4n) is 5.61. The summed E-state index contributed by atoms with van der Waals surface area (Å²) in [6.45, 7) is -0.183. The molecule has 168 valence electrons. The van der Waals surface area contributed by atoms with Crippen LogP contribution in [0.25, 0.3) is 11.1 Å². The zero-order valence-corrected chi connectivity index (χ0v) is 18.5. The summed E-state index contributed by atoms with van der Waals surface area (Å²) in [5, 5.41) is 0. The lowest BCUT2D eigenvalue weighted by Crippen LogP contribution is -2.33. The van der Waals surface area contributed by atoms with Gasteiger partial charge in [0.2, 0.25) is 11.8 Å². The summed E-state index contributed by atoms with van der Waals surface area (Å²) < 4.78 is 5.86. The van der Waals surface area contributed by atoms with E-state index in [2.05, 4.69) is 12.2 Å². The number of Topliss-reactive ketones (excluding diaryl/α,β-unsaturated/α-hetero) is 1. The third-order valence-corrected chi connectivity index (χ3v) is 7.25. The Hall–Kier alpha value is -3.99. The highest BCUT2D eigenvalue weighted by Crippen LogP contribution is 2.53. The van der Waals surface area contributed by atoms with Gasteiger partial charge in [0.05, 0.1) is 17.5 Å². The van der Waals surface area contributed by atoms with Crippen molar-refractivity contribution in [2.45, 2.75) is 6.42 Å². The smallest absolute Gasteiger partial charge is 0.238 e. The van der Waals surface area contributed by atoms with Crippen LogP contribution in [0.15, 0.2) is 91.0 Å². The number of nitrogens with zero attached hydrogens (tertiary/aromatic N) is 1. The molecule has 0 aromatic heterocycles. The minimum absolute atomic E-state index is 0.143. The SMILES string of the molecule is O=C(COc1ccccc1N1C(=O)[C@@H]2[C@@H](C1=O)[C@H]1C=C[C@H]2C1)c1ccc(-c2ccccc2)cc1. The Morgan fingerprint density at radius 3 is 2.03 bits per heavy atom. The van der Waals surface area contributed by atoms with Crippen LogP contribution >= 0.6 is 0 Å². The number of ketones is 1. The number of hydrogen-bond acceptors (Lipinski definition) is 4. The predicted octanol–water partition coefficient (Wildman–Crippen LogP) is 4.93. The van der Waals surface area contributed by atoms with Crippen LogP contribution in [-0.4, -0.2) is 24.2 Å². The van der Waals surface area contributed by atoms with E-state index in [9.17, 15) is 14.4 Å². The van der Waals surface area contributed by atoms with Gasteiger partial charge in [-0.3, -0.25) is 14.4 Å². The molecular formula is C29H23NO4. The van der Waals surface area contributed by atoms with Crippen LogP contribution in [0.5, 0.6) is 5.75 Å². The van der Waals surface area contributed by atoms with Crippen LogP contribution in [0.3, 0.4) is 0 Å². The molecule has 5 heteroatoms. The lowest BCUT2D eigenvalue weighted by atomic mass is 9.85. The molecule has 34 heavy (non-hydrogen) atoms. The predicted molar refractivity (Wildman–Crippen MR) is 128 cm³/mol. The average molecular weight is 450 g/mol. The topological polar surface area (TPSA) is 63.7 Å². The van der Waals surface area contributed by atoms with Crippen molar-refractivity contribution in [3.63, 3.8) is 0 Å². The van der Waals surface area contributed by atoms with Gasteiger partial charge in [-0.25, -0.2) is 4.90 Å². The van der Waals surface area contributed by atoms with E-state index < -0.39 is 0 Å². The molecule has 3 aromatic carbocycles. The number of ether oxygens (including phenoxy) is 1. The maximum absolute atomic E-state index is 13.2. The summed E-state index contributed by atoms with van der Waals surface area (Å²) in [4.78, 5) is 40.5. The first kappa shape index (κ1) is 20.6. The zero-order chi connectivity index (χ0) is 23.2. The van der Waals surface area contributed by atoms with Crippen molar-refractivity contribution in [3.8, 4) is 16.9 Å². The molecule has 3 aliphatic rings. The molecule has 2 amide bonds. The van der Waals surface area contributed by atoms with Crippen molar-refractivity contribution in [2.75, 3.05) is 11.5 Å². The summed E-state index contributed by atoms with van der Waals surface area (Å²) >= 11 is 0. The second-order valence-electron chi connectivity index (χ2n) is 9.13. The first-order valence-electron chi connectivity index (χ1n) is 11.6. The highest BCUT2D eigenvalue weighted by Gasteiger charge is 2.59. The summed E-state index contributed by atoms with van der Waals surface area (Å²) in [6.07, 6.45) is 5.03. The molecule has 2 bridgehead atoms. The minimum Gasteiger partial charge on any atom is -0.483 e. The van der Waals surface area contributed by atoms with E-state index in [1.807, 2.05) is 42.5 Å². The Morgan fingerprint density at radius 2 is 1.35 bits per heavy atom. The highest BCUT2D eigenvalue weighted by atomic mass is 16.5. The minimum atomic E-state index is -0.277. The fourth-order valence-corrected chi connectivity index (χ4v) is 5.61. The van der Waals surface area contributed by atoms with E-state index in [0.29, 0.717) is 17.0 Å². The summed E-state index contributed by atoms with van der Waals surface area (Å²) in [6, 6.07) is 24.3. The zero-order valence-electron chi connectivity index (χ0n) is 18.5. The van der Waals surface area contributed by atoms with Crippen LogP contribution in [0.2, 0.25) is 0 Å². The largest absolute Gasteiger partial charge is 0.483 e. The first-order valence-corrected chi connectivity index (χ1v) is 11.6. The number of para-hydroxylation sites is 2. The molecule has 6 rings (SSSR count). The maximum Gasteiger partial charge on any atom is 0.238 e. The van der Waals surface area contributed by atoms with E-state index in [-0.39, 0.29) is 47.9 Å². The van der Waals surface area contributed by atoms with Gasteiger partial charge >= 0.3 is 0 Å². The van der Waals surface area contributed by atoms with Crippen LogP contribution in [-0.2, 0) is 9.59 Å². The maximum atomic E-state index is 13.2. The molecule has 0 N–H and O–H groups in total. The summed E-state index contributed by atoms with van der Waals surface area (Å²) in [5.74, 6) is -0.404. The number of hydrogen-bond donors (Lipinski definition) is 0. The van der Waals surface area contributed by atoms with Gasteiger partial charge in [-0.05, 0) is 41.5 Å². The number of fused-ring (bicyclic) bond motifs is 5. The molecule has 1 saturated carbocycles. The lowest BCUT2D eigenvalue weighted by Gasteiger charge is -2.20. The summed E-state index contributed by atoms with van der Waals surface area (Å²) in [7, 11) is 0. The second-order valence-corrected chi connectivity index (χ2v) is 9.13. The molecule has 0 spiro atoms. The highest BCUT2D eigenvalue weighted by molar-refractivity contribution is 6.23. The number of carbonyl (C=O) groups is 3. The first-order chi connectivity index (χ1) is 16.6. The Bertz CT molecular complexity index is 1280. The molecule has 2 fully saturated rings. The van der Waals surface area contributed by atoms with Gasteiger partial charge in [-0.15, -0.1) is 0 Å². The van der Waals surface area contributed by atoms with Gasteiger partial charge in [-0.2, -0.15) is 0 Å². The molecule has 1 saturated heterocycles. The molecule has 5 nitrogen and oxygen atoms in total. The van der Waals surface area contributed by atoms with E-state index in [4.69, 9.17) is 4.74 Å². The molecule has 1 heterocycles. The molecule has 3 aromatic rings. The van der Waals surface area contributed by atoms with E-state index in [0.717, 1.165) is 17.5 Å². The Labute approximate surface area is 197 Å². The van der Waals surface area contributed by atoms with Crippen LogP contribution in [0.1, 0.15) is 16.8 Å². The summed E-state index contributed by atoms with van der Waals surface area (Å²) in [5.41, 5.74) is 3.07.